The molecule has 0 unspecified atom stereocenters. The standard InChI is InChI=1S/C14H15F3N2O2/c1-21-12-3-2-9(8-11(12)18)13(20)19-6-4-10(5-7-19)14(15,16)17/h2-4,8H,5-7,18H2,1H3. The van der Waals surface area contributed by atoms with Gasteiger partial charge >= 0.3 is 6.18 Å². The number of benzene rings is 1. The Morgan fingerprint density at radius 2 is 2.10 bits per heavy atom. The van der Waals surface area contributed by atoms with Gasteiger partial charge in [-0.3, -0.25) is 4.79 Å². The number of carbonyl (C=O) groups is 1. The van der Waals surface area contributed by atoms with Crippen LogP contribution in [0.2, 0.25) is 0 Å². The number of nitrogens with zero attached hydrogens (tertiary/aromatic N) is 1. The SMILES string of the molecule is COc1ccc(C(=O)N2CC=C(C(F)(F)F)CC2)cc1N. The molecule has 1 amide bonds. The molecule has 0 bridgehead atoms. The van der Waals surface area contributed by atoms with E-state index < -0.39 is 11.7 Å². The maximum atomic E-state index is 12.5. The Hall–Kier alpha value is -2.18. The molecule has 21 heavy (non-hydrogen) atoms. The molecule has 114 valence electrons. The number of ether oxygens (including phenoxy) is 1. The van der Waals surface area contributed by atoms with Gasteiger partial charge in [-0.15, -0.1) is 0 Å². The van der Waals surface area contributed by atoms with Crippen molar-refractivity contribution in [2.45, 2.75) is 12.6 Å². The maximum Gasteiger partial charge on any atom is 0.412 e. The first-order chi connectivity index (χ1) is 9.82. The molecule has 0 spiro atoms. The highest BCUT2D eigenvalue weighted by Gasteiger charge is 2.35. The van der Waals surface area contributed by atoms with Crippen LogP contribution in [0.4, 0.5) is 18.9 Å². The molecule has 1 aromatic rings. The van der Waals surface area contributed by atoms with Crippen LogP contribution >= 0.6 is 0 Å². The summed E-state index contributed by atoms with van der Waals surface area (Å²) in [5, 5.41) is 0. The lowest BCUT2D eigenvalue weighted by Gasteiger charge is -2.27. The number of halogens is 3. The van der Waals surface area contributed by atoms with Gasteiger partial charge in [-0.25, -0.2) is 0 Å². The summed E-state index contributed by atoms with van der Waals surface area (Å²) in [5.74, 6) is 0.103. The number of alkyl halides is 3. The molecule has 1 aliphatic heterocycles. The third-order valence-electron chi connectivity index (χ3n) is 3.34. The van der Waals surface area contributed by atoms with Crippen LogP contribution in [0.1, 0.15) is 16.8 Å². The fraction of sp³-hybridized carbons (Fsp3) is 0.357. The third-order valence-corrected chi connectivity index (χ3v) is 3.34. The fourth-order valence-electron chi connectivity index (χ4n) is 2.16. The molecule has 0 aromatic heterocycles. The van der Waals surface area contributed by atoms with Crippen molar-refractivity contribution in [3.63, 3.8) is 0 Å². The molecular weight excluding hydrogens is 285 g/mol. The number of hydrogen-bond acceptors (Lipinski definition) is 3. The van der Waals surface area contributed by atoms with E-state index in [9.17, 15) is 18.0 Å². The molecule has 4 nitrogen and oxygen atoms in total. The zero-order valence-electron chi connectivity index (χ0n) is 11.4. The fourth-order valence-corrected chi connectivity index (χ4v) is 2.16. The van der Waals surface area contributed by atoms with E-state index in [1.54, 1.807) is 12.1 Å². The number of rotatable bonds is 2. The summed E-state index contributed by atoms with van der Waals surface area (Å²) >= 11 is 0. The Bertz CT molecular complexity index is 582. The van der Waals surface area contributed by atoms with Crippen molar-refractivity contribution < 1.29 is 22.7 Å². The summed E-state index contributed by atoms with van der Waals surface area (Å²) < 4.78 is 42.6. The monoisotopic (exact) mass is 300 g/mol. The van der Waals surface area contributed by atoms with E-state index >= 15 is 0 Å². The first-order valence-electron chi connectivity index (χ1n) is 6.32. The molecule has 0 fully saturated rings. The van der Waals surface area contributed by atoms with Gasteiger partial charge in [0.25, 0.3) is 5.91 Å². The van der Waals surface area contributed by atoms with E-state index in [0.29, 0.717) is 17.0 Å². The lowest BCUT2D eigenvalue weighted by molar-refractivity contribution is -0.0957. The van der Waals surface area contributed by atoms with Crippen molar-refractivity contribution in [2.24, 2.45) is 0 Å². The van der Waals surface area contributed by atoms with Crippen LogP contribution in [0.3, 0.4) is 0 Å². The van der Waals surface area contributed by atoms with Crippen LogP contribution in [0.25, 0.3) is 0 Å². The Labute approximate surface area is 120 Å². The summed E-state index contributed by atoms with van der Waals surface area (Å²) in [4.78, 5) is 13.6. The molecule has 0 atom stereocenters. The van der Waals surface area contributed by atoms with Gasteiger partial charge in [0.15, 0.2) is 0 Å². The number of hydrogen-bond donors (Lipinski definition) is 1. The van der Waals surface area contributed by atoms with Crippen molar-refractivity contribution in [1.82, 2.24) is 4.90 Å². The minimum absolute atomic E-state index is 0.0378. The molecule has 1 aromatic carbocycles. The summed E-state index contributed by atoms with van der Waals surface area (Å²) in [7, 11) is 1.46. The van der Waals surface area contributed by atoms with Gasteiger partial charge in [0.1, 0.15) is 5.75 Å². The largest absolute Gasteiger partial charge is 0.495 e. The predicted octanol–water partition coefficient (Wildman–Crippen LogP) is 2.61. The van der Waals surface area contributed by atoms with Crippen molar-refractivity contribution in [3.05, 3.63) is 35.4 Å². The summed E-state index contributed by atoms with van der Waals surface area (Å²) in [6, 6.07) is 4.56. The molecule has 0 saturated heterocycles. The maximum absolute atomic E-state index is 12.5. The zero-order valence-corrected chi connectivity index (χ0v) is 11.4. The highest BCUT2D eigenvalue weighted by atomic mass is 19.4. The van der Waals surface area contributed by atoms with Gasteiger partial charge in [-0.1, -0.05) is 6.08 Å². The van der Waals surface area contributed by atoms with Crippen LogP contribution in [0, 0.1) is 0 Å². The number of nitrogens with two attached hydrogens (primary N) is 1. The first-order valence-corrected chi connectivity index (χ1v) is 6.32. The Morgan fingerprint density at radius 1 is 1.38 bits per heavy atom. The quantitative estimate of drug-likeness (QED) is 0.675. The van der Waals surface area contributed by atoms with Crippen molar-refractivity contribution >= 4 is 11.6 Å². The van der Waals surface area contributed by atoms with Gasteiger partial charge < -0.3 is 15.4 Å². The average Bonchev–Trinajstić information content (AvgIpc) is 2.45. The van der Waals surface area contributed by atoms with Crippen LogP contribution in [-0.2, 0) is 0 Å². The summed E-state index contributed by atoms with van der Waals surface area (Å²) in [6.45, 7) is -0.0181. The lowest BCUT2D eigenvalue weighted by Crippen LogP contribution is -2.36. The molecule has 1 aliphatic rings. The van der Waals surface area contributed by atoms with Gasteiger partial charge in [0.2, 0.25) is 0 Å². The molecule has 7 heteroatoms. The van der Waals surface area contributed by atoms with E-state index in [1.165, 1.54) is 18.1 Å². The second kappa shape index (κ2) is 5.67. The van der Waals surface area contributed by atoms with E-state index in [1.807, 2.05) is 0 Å². The highest BCUT2D eigenvalue weighted by Crippen LogP contribution is 2.30. The second-order valence-corrected chi connectivity index (χ2v) is 4.69. The number of anilines is 1. The smallest absolute Gasteiger partial charge is 0.412 e. The minimum Gasteiger partial charge on any atom is -0.495 e. The molecular formula is C14H15F3N2O2. The Kier molecular flexibility index (Phi) is 4.11. The topological polar surface area (TPSA) is 55.6 Å². The molecule has 1 heterocycles. The summed E-state index contributed by atoms with van der Waals surface area (Å²) in [5.41, 5.74) is 5.78. The van der Waals surface area contributed by atoms with Crippen molar-refractivity contribution in [1.29, 1.82) is 0 Å². The average molecular weight is 300 g/mol. The van der Waals surface area contributed by atoms with E-state index in [4.69, 9.17) is 10.5 Å². The summed E-state index contributed by atoms with van der Waals surface area (Å²) in [6.07, 6.45) is -3.46. The van der Waals surface area contributed by atoms with Crippen LogP contribution < -0.4 is 10.5 Å². The van der Waals surface area contributed by atoms with E-state index in [0.717, 1.165) is 6.08 Å². The number of carbonyl (C=O) groups excluding carboxylic acids is 1. The van der Waals surface area contributed by atoms with E-state index in [-0.39, 0.29) is 25.4 Å². The third kappa shape index (κ3) is 3.29. The Morgan fingerprint density at radius 3 is 2.57 bits per heavy atom. The lowest BCUT2D eigenvalue weighted by atomic mass is 10.1. The van der Waals surface area contributed by atoms with Crippen LogP contribution in [0.5, 0.6) is 5.75 Å². The van der Waals surface area contributed by atoms with Gasteiger partial charge in [-0.2, -0.15) is 13.2 Å². The van der Waals surface area contributed by atoms with E-state index in [2.05, 4.69) is 0 Å². The highest BCUT2D eigenvalue weighted by molar-refractivity contribution is 5.95. The molecule has 0 aliphatic carbocycles. The molecule has 2 N–H and O–H groups in total. The zero-order chi connectivity index (χ0) is 15.6. The van der Waals surface area contributed by atoms with Gasteiger partial charge in [0, 0.05) is 24.2 Å². The van der Waals surface area contributed by atoms with Gasteiger partial charge in [0.05, 0.1) is 12.8 Å². The minimum atomic E-state index is -4.32. The Balaban J connectivity index is 2.12. The molecule has 2 rings (SSSR count). The number of nitrogen functional groups attached to an aromatic ring is 1. The first kappa shape index (κ1) is 15.2. The van der Waals surface area contributed by atoms with Crippen LogP contribution in [0.15, 0.2) is 29.8 Å². The number of amides is 1. The second-order valence-electron chi connectivity index (χ2n) is 4.69. The van der Waals surface area contributed by atoms with Gasteiger partial charge in [-0.05, 0) is 24.6 Å². The molecule has 0 saturated carbocycles. The number of methoxy groups -OCH3 is 1. The van der Waals surface area contributed by atoms with Crippen molar-refractivity contribution in [3.8, 4) is 5.75 Å². The van der Waals surface area contributed by atoms with Crippen molar-refractivity contribution in [2.75, 3.05) is 25.9 Å². The normalized spacial score (nSPS) is 15.6. The molecule has 0 radical (unpaired) electrons. The predicted molar refractivity (Wildman–Crippen MR) is 72.1 cm³/mol. The van der Waals surface area contributed by atoms with Crippen LogP contribution in [-0.4, -0.2) is 37.2 Å².